The Bertz CT molecular complexity index is 803. The van der Waals surface area contributed by atoms with Crippen molar-refractivity contribution in [2.24, 2.45) is 7.05 Å². The normalized spacial score (nSPS) is 11.2. The first-order valence-corrected chi connectivity index (χ1v) is 7.67. The van der Waals surface area contributed by atoms with E-state index in [1.807, 2.05) is 0 Å². The first-order valence-electron chi connectivity index (χ1n) is 7.67. The first kappa shape index (κ1) is 19.4. The van der Waals surface area contributed by atoms with E-state index in [4.69, 9.17) is 9.47 Å². The number of carbonyl (C=O) groups is 1. The van der Waals surface area contributed by atoms with Crippen LogP contribution in [-0.2, 0) is 13.2 Å². The van der Waals surface area contributed by atoms with E-state index in [0.717, 1.165) is 12.1 Å². The number of anilines is 2. The van der Waals surface area contributed by atoms with Crippen LogP contribution in [0.15, 0.2) is 18.2 Å². The van der Waals surface area contributed by atoms with E-state index < -0.39 is 17.8 Å². The highest BCUT2D eigenvalue weighted by Crippen LogP contribution is 2.37. The summed E-state index contributed by atoms with van der Waals surface area (Å²) in [5.41, 5.74) is -0.665. The Morgan fingerprint density at radius 1 is 1.31 bits per heavy atom. The van der Waals surface area contributed by atoms with Crippen LogP contribution < -0.4 is 20.1 Å². The molecule has 10 heteroatoms. The highest BCUT2D eigenvalue weighted by atomic mass is 19.4. The Hall–Kier alpha value is -2.91. The molecule has 0 saturated heterocycles. The minimum absolute atomic E-state index is 0.0653. The number of aromatic nitrogens is 2. The SMILES string of the molecule is CCOc1ccc(NC(=O)Nc2c(C)nn(C)c2OC)c(C(F)(F)F)c1. The number of ether oxygens (including phenoxy) is 2. The van der Waals surface area contributed by atoms with Gasteiger partial charge < -0.3 is 20.1 Å². The second-order valence-electron chi connectivity index (χ2n) is 5.31. The van der Waals surface area contributed by atoms with Gasteiger partial charge in [0.25, 0.3) is 0 Å². The van der Waals surface area contributed by atoms with Crippen LogP contribution in [0, 0.1) is 6.92 Å². The molecule has 142 valence electrons. The number of halogens is 3. The van der Waals surface area contributed by atoms with Gasteiger partial charge in [0.05, 0.1) is 30.7 Å². The number of rotatable bonds is 5. The highest BCUT2D eigenvalue weighted by molar-refractivity contribution is 6.01. The van der Waals surface area contributed by atoms with E-state index in [0.29, 0.717) is 5.69 Å². The third-order valence-electron chi connectivity index (χ3n) is 3.46. The van der Waals surface area contributed by atoms with Gasteiger partial charge in [-0.15, -0.1) is 0 Å². The summed E-state index contributed by atoms with van der Waals surface area (Å²) in [5.74, 6) is 0.343. The predicted octanol–water partition coefficient (Wildman–Crippen LogP) is 3.80. The van der Waals surface area contributed by atoms with Crippen molar-refractivity contribution >= 4 is 17.4 Å². The Morgan fingerprint density at radius 2 is 2.00 bits per heavy atom. The zero-order chi connectivity index (χ0) is 19.5. The van der Waals surface area contributed by atoms with E-state index in [9.17, 15) is 18.0 Å². The summed E-state index contributed by atoms with van der Waals surface area (Å²) in [5, 5.41) is 8.75. The maximum Gasteiger partial charge on any atom is 0.418 e. The third-order valence-corrected chi connectivity index (χ3v) is 3.46. The van der Waals surface area contributed by atoms with E-state index in [1.54, 1.807) is 20.9 Å². The van der Waals surface area contributed by atoms with Crippen LogP contribution in [0.3, 0.4) is 0 Å². The van der Waals surface area contributed by atoms with Crippen molar-refractivity contribution < 1.29 is 27.4 Å². The molecule has 0 saturated carbocycles. The van der Waals surface area contributed by atoms with Crippen LogP contribution >= 0.6 is 0 Å². The monoisotopic (exact) mass is 372 g/mol. The fraction of sp³-hybridized carbons (Fsp3) is 0.375. The molecule has 0 fully saturated rings. The quantitative estimate of drug-likeness (QED) is 0.837. The van der Waals surface area contributed by atoms with Crippen LogP contribution in [0.2, 0.25) is 0 Å². The van der Waals surface area contributed by atoms with Gasteiger partial charge in [-0.25, -0.2) is 9.48 Å². The number of carbonyl (C=O) groups excluding carboxylic acids is 1. The molecule has 0 radical (unpaired) electrons. The molecule has 0 aliphatic heterocycles. The average Bonchev–Trinajstić information content (AvgIpc) is 2.81. The van der Waals surface area contributed by atoms with Crippen molar-refractivity contribution in [1.29, 1.82) is 0 Å². The maximum atomic E-state index is 13.3. The van der Waals surface area contributed by atoms with Gasteiger partial charge in [-0.1, -0.05) is 0 Å². The molecule has 1 heterocycles. The van der Waals surface area contributed by atoms with Crippen molar-refractivity contribution in [3.63, 3.8) is 0 Å². The van der Waals surface area contributed by atoms with E-state index in [-0.39, 0.29) is 29.6 Å². The van der Waals surface area contributed by atoms with Crippen LogP contribution in [0.4, 0.5) is 29.3 Å². The zero-order valence-electron chi connectivity index (χ0n) is 14.7. The molecule has 2 rings (SSSR count). The molecule has 0 bridgehead atoms. The summed E-state index contributed by atoms with van der Waals surface area (Å²) in [6.45, 7) is 3.53. The molecule has 1 aromatic heterocycles. The lowest BCUT2D eigenvalue weighted by molar-refractivity contribution is -0.137. The number of benzene rings is 1. The number of aryl methyl sites for hydroxylation is 2. The summed E-state index contributed by atoms with van der Waals surface area (Å²) in [6.07, 6.45) is -4.66. The zero-order valence-corrected chi connectivity index (χ0v) is 14.7. The Kier molecular flexibility index (Phi) is 5.63. The number of hydrogen-bond acceptors (Lipinski definition) is 4. The van der Waals surface area contributed by atoms with Crippen molar-refractivity contribution in [1.82, 2.24) is 9.78 Å². The lowest BCUT2D eigenvalue weighted by atomic mass is 10.1. The topological polar surface area (TPSA) is 77.4 Å². The second-order valence-corrected chi connectivity index (χ2v) is 5.31. The molecule has 0 unspecified atom stereocenters. The van der Waals surface area contributed by atoms with Gasteiger partial charge in [-0.05, 0) is 32.0 Å². The smallest absolute Gasteiger partial charge is 0.418 e. The average molecular weight is 372 g/mol. The summed E-state index contributed by atoms with van der Waals surface area (Å²) >= 11 is 0. The highest BCUT2D eigenvalue weighted by Gasteiger charge is 2.34. The molecule has 0 atom stereocenters. The van der Waals surface area contributed by atoms with Gasteiger partial charge >= 0.3 is 12.2 Å². The van der Waals surface area contributed by atoms with Gasteiger partial charge in [0.1, 0.15) is 11.4 Å². The Morgan fingerprint density at radius 3 is 2.58 bits per heavy atom. The molecule has 0 spiro atoms. The number of amides is 2. The number of alkyl halides is 3. The van der Waals surface area contributed by atoms with Gasteiger partial charge in [-0.3, -0.25) is 0 Å². The number of hydrogen-bond donors (Lipinski definition) is 2. The molecule has 0 aliphatic carbocycles. The minimum Gasteiger partial charge on any atom is -0.494 e. The van der Waals surface area contributed by atoms with E-state index in [2.05, 4.69) is 15.7 Å². The fourth-order valence-electron chi connectivity index (χ4n) is 2.41. The first-order chi connectivity index (χ1) is 12.2. The third kappa shape index (κ3) is 4.19. The molecule has 1 aromatic carbocycles. The summed E-state index contributed by atoms with van der Waals surface area (Å²) in [4.78, 5) is 12.2. The molecule has 2 amide bonds. The van der Waals surface area contributed by atoms with Crippen LogP contribution in [-0.4, -0.2) is 29.5 Å². The van der Waals surface area contributed by atoms with Crippen molar-refractivity contribution in [2.75, 3.05) is 24.4 Å². The lowest BCUT2D eigenvalue weighted by Crippen LogP contribution is -2.22. The van der Waals surface area contributed by atoms with Gasteiger partial charge in [0.15, 0.2) is 0 Å². The second kappa shape index (κ2) is 7.54. The number of urea groups is 1. The van der Waals surface area contributed by atoms with Gasteiger partial charge in [-0.2, -0.15) is 18.3 Å². The fourth-order valence-corrected chi connectivity index (χ4v) is 2.41. The largest absolute Gasteiger partial charge is 0.494 e. The summed E-state index contributed by atoms with van der Waals surface area (Å²) in [7, 11) is 3.01. The molecular formula is C16H19F3N4O3. The molecule has 0 aliphatic rings. The molecular weight excluding hydrogens is 353 g/mol. The molecule has 7 nitrogen and oxygen atoms in total. The van der Waals surface area contributed by atoms with E-state index >= 15 is 0 Å². The van der Waals surface area contributed by atoms with Crippen LogP contribution in [0.25, 0.3) is 0 Å². The number of nitrogens with zero attached hydrogens (tertiary/aromatic N) is 2. The molecule has 2 N–H and O–H groups in total. The minimum atomic E-state index is -4.66. The standard InChI is InChI=1S/C16H19F3N4O3/c1-5-26-10-6-7-12(11(8-10)16(17,18)19)20-15(24)21-13-9(2)22-23(3)14(13)25-4/h6-8H,5H2,1-4H3,(H2,20,21,24). The van der Waals surface area contributed by atoms with Crippen molar-refractivity contribution in [3.05, 3.63) is 29.5 Å². The number of nitrogens with one attached hydrogen (secondary N) is 2. The van der Waals surface area contributed by atoms with E-state index in [1.165, 1.54) is 17.9 Å². The summed E-state index contributed by atoms with van der Waals surface area (Å²) in [6, 6.07) is 2.48. The molecule has 26 heavy (non-hydrogen) atoms. The van der Waals surface area contributed by atoms with Crippen LogP contribution in [0.1, 0.15) is 18.2 Å². The predicted molar refractivity (Wildman–Crippen MR) is 89.8 cm³/mol. The molecule has 2 aromatic rings. The maximum absolute atomic E-state index is 13.3. The van der Waals surface area contributed by atoms with Gasteiger partial charge in [0.2, 0.25) is 5.88 Å². The van der Waals surface area contributed by atoms with Crippen molar-refractivity contribution in [3.8, 4) is 11.6 Å². The Balaban J connectivity index is 2.26. The summed E-state index contributed by atoms with van der Waals surface area (Å²) < 4.78 is 51.4. The van der Waals surface area contributed by atoms with Crippen LogP contribution in [0.5, 0.6) is 11.6 Å². The Labute approximate surface area is 148 Å². The van der Waals surface area contributed by atoms with Gasteiger partial charge in [0, 0.05) is 7.05 Å². The number of methoxy groups -OCH3 is 1. The lowest BCUT2D eigenvalue weighted by Gasteiger charge is -2.16. The van der Waals surface area contributed by atoms with Crippen molar-refractivity contribution in [2.45, 2.75) is 20.0 Å².